The maximum Gasteiger partial charge on any atom is 0.252 e. The lowest BCUT2D eigenvalue weighted by Crippen LogP contribution is -2.51. The number of fused-ring (bicyclic) bond motifs is 1. The number of sulfonamides is 1. The number of halogens is 1. The fourth-order valence-electron chi connectivity index (χ4n) is 6.08. The van der Waals surface area contributed by atoms with Gasteiger partial charge in [-0.25, -0.2) is 8.42 Å². The van der Waals surface area contributed by atoms with E-state index in [1.54, 1.807) is 13.2 Å². The van der Waals surface area contributed by atoms with Gasteiger partial charge < -0.3 is 14.5 Å². The number of nitrogens with zero attached hydrogens (tertiary/aromatic N) is 3. The third-order valence-corrected chi connectivity index (χ3v) is 12.2. The smallest absolute Gasteiger partial charge is 0.252 e. The van der Waals surface area contributed by atoms with Crippen molar-refractivity contribution in [2.75, 3.05) is 51.3 Å². The number of piperazine rings is 1. The Morgan fingerprint density at radius 3 is 2.39 bits per heavy atom. The van der Waals surface area contributed by atoms with E-state index in [1.165, 1.54) is 15.6 Å². The number of amides is 1. The van der Waals surface area contributed by atoms with Gasteiger partial charge in [-0.1, -0.05) is 54.1 Å². The first-order chi connectivity index (χ1) is 19.8. The minimum Gasteiger partial charge on any atom is -0.495 e. The highest BCUT2D eigenvalue weighted by atomic mass is 35.5. The van der Waals surface area contributed by atoms with Crippen LogP contribution in [-0.2, 0) is 14.8 Å². The van der Waals surface area contributed by atoms with Crippen LogP contribution in [0.15, 0.2) is 77.0 Å². The Hall–Kier alpha value is -3.11. The van der Waals surface area contributed by atoms with Crippen LogP contribution >= 0.6 is 22.9 Å². The number of carbonyl (C=O) groups is 1. The Labute approximate surface area is 249 Å². The molecule has 0 N–H and O–H groups in total. The molecule has 0 spiro atoms. The quantitative estimate of drug-likeness (QED) is 0.284. The summed E-state index contributed by atoms with van der Waals surface area (Å²) >= 11 is 7.47. The normalized spacial score (nSPS) is 20.1. The topological polar surface area (TPSA) is 70.2 Å². The van der Waals surface area contributed by atoms with Gasteiger partial charge in [0.05, 0.1) is 18.7 Å². The van der Waals surface area contributed by atoms with Gasteiger partial charge in [-0.3, -0.25) is 4.79 Å². The van der Waals surface area contributed by atoms with Crippen molar-refractivity contribution in [3.8, 4) is 5.75 Å². The summed E-state index contributed by atoms with van der Waals surface area (Å²) in [7, 11) is -2.15. The Morgan fingerprint density at radius 1 is 0.951 bits per heavy atom. The van der Waals surface area contributed by atoms with Crippen molar-refractivity contribution in [2.24, 2.45) is 5.92 Å². The molecule has 2 aliphatic heterocycles. The van der Waals surface area contributed by atoms with Crippen LogP contribution in [0.3, 0.4) is 0 Å². The van der Waals surface area contributed by atoms with Gasteiger partial charge >= 0.3 is 0 Å². The summed E-state index contributed by atoms with van der Waals surface area (Å²) in [6.07, 6.45) is 0. The van der Waals surface area contributed by atoms with E-state index in [0.29, 0.717) is 41.0 Å². The van der Waals surface area contributed by atoms with Crippen LogP contribution in [0.25, 0.3) is 10.1 Å². The summed E-state index contributed by atoms with van der Waals surface area (Å²) in [6.45, 7) is 4.74. The molecule has 2 saturated heterocycles. The number of methoxy groups -OCH3 is 1. The third-order valence-electron chi connectivity index (χ3n) is 8.28. The highest BCUT2D eigenvalue weighted by Gasteiger charge is 2.46. The molecule has 4 aromatic rings. The van der Waals surface area contributed by atoms with E-state index < -0.39 is 15.9 Å². The van der Waals surface area contributed by atoms with Crippen molar-refractivity contribution in [3.05, 3.63) is 88.9 Å². The molecular formula is C31H32ClN3O4S2. The molecule has 0 saturated carbocycles. The first-order valence-corrected chi connectivity index (χ1v) is 16.3. The van der Waals surface area contributed by atoms with Crippen molar-refractivity contribution in [1.29, 1.82) is 0 Å². The second-order valence-electron chi connectivity index (χ2n) is 10.6. The van der Waals surface area contributed by atoms with E-state index in [1.807, 2.05) is 78.6 Å². The van der Waals surface area contributed by atoms with Crippen LogP contribution < -0.4 is 9.64 Å². The van der Waals surface area contributed by atoms with Crippen molar-refractivity contribution >= 4 is 54.6 Å². The molecule has 214 valence electrons. The molecule has 10 heteroatoms. The Bertz CT molecular complexity index is 1680. The van der Waals surface area contributed by atoms with Gasteiger partial charge in [-0.2, -0.15) is 4.31 Å². The predicted octanol–water partition coefficient (Wildman–Crippen LogP) is 5.62. The maximum atomic E-state index is 14.1. The van der Waals surface area contributed by atoms with Gasteiger partial charge in [-0.05, 0) is 53.8 Å². The fraction of sp³-hybridized carbons (Fsp3) is 0.323. The Kier molecular flexibility index (Phi) is 7.72. The Balaban J connectivity index is 1.26. The third kappa shape index (κ3) is 5.20. The second-order valence-corrected chi connectivity index (χ2v) is 14.2. The SMILES string of the molecule is COc1ccccc1N1CCN(C(=O)C2CN(S(=O)(=O)c3sc4ccc(Cl)cc4c3C)CC2c2ccccc2)CC1. The van der Waals surface area contributed by atoms with Crippen molar-refractivity contribution < 1.29 is 17.9 Å². The average Bonchev–Trinajstić information content (AvgIpc) is 3.60. The van der Waals surface area contributed by atoms with E-state index in [0.717, 1.165) is 27.1 Å². The fourth-order valence-corrected chi connectivity index (χ4v) is 9.62. The predicted molar refractivity (Wildman–Crippen MR) is 165 cm³/mol. The van der Waals surface area contributed by atoms with E-state index in [4.69, 9.17) is 16.3 Å². The number of aryl methyl sites for hydroxylation is 1. The lowest BCUT2D eigenvalue weighted by Gasteiger charge is -2.38. The number of ether oxygens (including phenoxy) is 1. The molecule has 2 atom stereocenters. The van der Waals surface area contributed by atoms with E-state index in [2.05, 4.69) is 4.90 Å². The Morgan fingerprint density at radius 2 is 1.66 bits per heavy atom. The molecule has 0 radical (unpaired) electrons. The summed E-state index contributed by atoms with van der Waals surface area (Å²) in [6, 6.07) is 23.2. The summed E-state index contributed by atoms with van der Waals surface area (Å²) in [5, 5.41) is 1.42. The monoisotopic (exact) mass is 609 g/mol. The van der Waals surface area contributed by atoms with E-state index >= 15 is 0 Å². The van der Waals surface area contributed by atoms with Crippen LogP contribution in [0.1, 0.15) is 17.0 Å². The molecular weight excluding hydrogens is 578 g/mol. The largest absolute Gasteiger partial charge is 0.495 e. The van der Waals surface area contributed by atoms with Gasteiger partial charge in [0, 0.05) is 54.9 Å². The lowest BCUT2D eigenvalue weighted by atomic mass is 9.88. The number of benzene rings is 3. The highest BCUT2D eigenvalue weighted by Crippen LogP contribution is 2.42. The standard InChI is InChI=1S/C31H32ClN3O4S2/c1-21-24-18-23(32)12-13-29(24)40-31(21)41(37,38)35-19-25(22-8-4-3-5-9-22)26(20-35)30(36)34-16-14-33(15-17-34)27-10-6-7-11-28(27)39-2/h3-13,18,25-26H,14-17,19-20H2,1-2H3. The molecule has 7 nitrogen and oxygen atoms in total. The number of hydrogen-bond donors (Lipinski definition) is 0. The van der Waals surface area contributed by atoms with Crippen molar-refractivity contribution in [3.63, 3.8) is 0 Å². The van der Waals surface area contributed by atoms with Crippen LogP contribution in [0, 0.1) is 12.8 Å². The lowest BCUT2D eigenvalue weighted by molar-refractivity contribution is -0.135. The number of thiophene rings is 1. The summed E-state index contributed by atoms with van der Waals surface area (Å²) < 4.78 is 36.4. The zero-order chi connectivity index (χ0) is 28.7. The summed E-state index contributed by atoms with van der Waals surface area (Å²) in [4.78, 5) is 18.2. The molecule has 1 amide bonds. The van der Waals surface area contributed by atoms with Gasteiger partial charge in [0.2, 0.25) is 5.91 Å². The molecule has 2 fully saturated rings. The number of hydrogen-bond acceptors (Lipinski definition) is 6. The van der Waals surface area contributed by atoms with Crippen LogP contribution in [-0.4, -0.2) is 69.9 Å². The van der Waals surface area contributed by atoms with Gasteiger partial charge in [0.25, 0.3) is 10.0 Å². The zero-order valence-electron chi connectivity index (χ0n) is 23.0. The van der Waals surface area contributed by atoms with Crippen LogP contribution in [0.5, 0.6) is 5.75 Å². The number of rotatable bonds is 6. The molecule has 0 aliphatic carbocycles. The second kappa shape index (κ2) is 11.3. The maximum absolute atomic E-state index is 14.1. The number of anilines is 1. The van der Waals surface area contributed by atoms with Crippen molar-refractivity contribution in [1.82, 2.24) is 9.21 Å². The highest BCUT2D eigenvalue weighted by molar-refractivity contribution is 7.91. The number of carbonyl (C=O) groups excluding carboxylic acids is 1. The average molecular weight is 610 g/mol. The zero-order valence-corrected chi connectivity index (χ0v) is 25.4. The summed E-state index contributed by atoms with van der Waals surface area (Å²) in [5.74, 6) is 0.131. The van der Waals surface area contributed by atoms with Gasteiger partial charge in [0.1, 0.15) is 9.96 Å². The molecule has 1 aromatic heterocycles. The minimum atomic E-state index is -3.82. The molecule has 2 unspecified atom stereocenters. The van der Waals surface area contributed by atoms with Crippen molar-refractivity contribution in [2.45, 2.75) is 17.1 Å². The number of para-hydroxylation sites is 2. The molecule has 3 heterocycles. The molecule has 2 aliphatic rings. The molecule has 41 heavy (non-hydrogen) atoms. The first-order valence-electron chi connectivity index (χ1n) is 13.7. The molecule has 0 bridgehead atoms. The van der Waals surface area contributed by atoms with Gasteiger partial charge in [-0.15, -0.1) is 11.3 Å². The minimum absolute atomic E-state index is 0.0103. The van der Waals surface area contributed by atoms with E-state index in [-0.39, 0.29) is 24.9 Å². The van der Waals surface area contributed by atoms with E-state index in [9.17, 15) is 13.2 Å². The van der Waals surface area contributed by atoms with Gasteiger partial charge in [0.15, 0.2) is 0 Å². The summed E-state index contributed by atoms with van der Waals surface area (Å²) in [5.41, 5.74) is 2.70. The first kappa shape index (κ1) is 28.0. The van der Waals surface area contributed by atoms with Crippen LogP contribution in [0.2, 0.25) is 5.02 Å². The molecule has 3 aromatic carbocycles. The van der Waals surface area contributed by atoms with Crippen LogP contribution in [0.4, 0.5) is 5.69 Å². The molecule has 6 rings (SSSR count).